The van der Waals surface area contributed by atoms with E-state index in [9.17, 15) is 14.0 Å². The van der Waals surface area contributed by atoms with Crippen LogP contribution in [0.25, 0.3) is 0 Å². The van der Waals surface area contributed by atoms with Gasteiger partial charge in [0.15, 0.2) is 16.1 Å². The van der Waals surface area contributed by atoms with Crippen molar-refractivity contribution in [3.8, 4) is 5.75 Å². The maximum atomic E-state index is 13.3. The third kappa shape index (κ3) is 7.27. The molecule has 1 N–H and O–H groups in total. The van der Waals surface area contributed by atoms with Crippen LogP contribution in [0.15, 0.2) is 41.4 Å². The van der Waals surface area contributed by atoms with Gasteiger partial charge in [-0.25, -0.2) is 9.37 Å². The first-order chi connectivity index (χ1) is 16.4. The highest BCUT2D eigenvalue weighted by atomic mass is 35.5. The normalized spacial score (nSPS) is 10.7. The number of allylic oxidation sites excluding steroid dienone is 1. The van der Waals surface area contributed by atoms with E-state index in [1.54, 1.807) is 22.9 Å². The van der Waals surface area contributed by atoms with E-state index in [1.807, 2.05) is 0 Å². The van der Waals surface area contributed by atoms with Gasteiger partial charge in [-0.1, -0.05) is 29.4 Å². The van der Waals surface area contributed by atoms with Crippen molar-refractivity contribution in [3.05, 3.63) is 58.6 Å². The number of hydrogen-bond acceptors (Lipinski definition) is 9. The van der Waals surface area contributed by atoms with E-state index < -0.39 is 5.82 Å². The molecule has 0 aliphatic rings. The first-order valence-corrected chi connectivity index (χ1v) is 12.3. The highest BCUT2D eigenvalue weighted by molar-refractivity contribution is 7.99. The number of nitrogens with zero attached hydrogens (tertiary/aromatic N) is 4. The Morgan fingerprint density at radius 3 is 2.94 bits per heavy atom. The lowest BCUT2D eigenvalue weighted by Crippen LogP contribution is -2.15. The molecule has 0 atom stereocenters. The molecule has 0 saturated carbocycles. The summed E-state index contributed by atoms with van der Waals surface area (Å²) >= 11 is 8.20. The van der Waals surface area contributed by atoms with Crippen LogP contribution in [0.4, 0.5) is 9.52 Å². The maximum absolute atomic E-state index is 13.3. The zero-order valence-electron chi connectivity index (χ0n) is 18.1. The topological polar surface area (TPSA) is 108 Å². The Hall–Kier alpha value is -2.96. The Morgan fingerprint density at radius 2 is 2.21 bits per heavy atom. The molecule has 9 nitrogen and oxygen atoms in total. The lowest BCUT2D eigenvalue weighted by molar-refractivity contribution is -0.142. The van der Waals surface area contributed by atoms with Gasteiger partial charge in [0, 0.05) is 18.0 Å². The molecule has 0 aliphatic carbocycles. The third-order valence-corrected chi connectivity index (χ3v) is 6.19. The van der Waals surface area contributed by atoms with Gasteiger partial charge in [0.1, 0.15) is 18.2 Å². The Morgan fingerprint density at radius 1 is 1.38 bits per heavy atom. The average Bonchev–Trinajstić information content (AvgIpc) is 3.40. The van der Waals surface area contributed by atoms with Gasteiger partial charge in [-0.15, -0.1) is 28.1 Å². The summed E-state index contributed by atoms with van der Waals surface area (Å²) in [5.74, 6) is -0.227. The number of carbonyl (C=O) groups excluding carboxylic acids is 2. The first kappa shape index (κ1) is 25.7. The van der Waals surface area contributed by atoms with Crippen molar-refractivity contribution in [1.29, 1.82) is 0 Å². The van der Waals surface area contributed by atoms with Gasteiger partial charge in [0.2, 0.25) is 5.91 Å². The largest absolute Gasteiger partial charge is 0.486 e. The molecule has 13 heteroatoms. The number of benzene rings is 1. The van der Waals surface area contributed by atoms with Gasteiger partial charge in [0.25, 0.3) is 0 Å². The minimum Gasteiger partial charge on any atom is -0.486 e. The molecular weight excluding hydrogens is 505 g/mol. The summed E-state index contributed by atoms with van der Waals surface area (Å²) in [4.78, 5) is 28.1. The highest BCUT2D eigenvalue weighted by Gasteiger charge is 2.16. The molecule has 0 fully saturated rings. The molecular formula is C21H21ClFN5O4S2. The maximum Gasteiger partial charge on any atom is 0.311 e. The summed E-state index contributed by atoms with van der Waals surface area (Å²) in [6, 6.07) is 4.06. The molecule has 34 heavy (non-hydrogen) atoms. The molecule has 1 amide bonds. The van der Waals surface area contributed by atoms with E-state index in [-0.39, 0.29) is 35.7 Å². The molecule has 3 rings (SSSR count). The Labute approximate surface area is 208 Å². The van der Waals surface area contributed by atoms with Crippen LogP contribution in [0.1, 0.15) is 18.4 Å². The first-order valence-electron chi connectivity index (χ1n) is 10.0. The molecule has 0 unspecified atom stereocenters. The predicted octanol–water partition coefficient (Wildman–Crippen LogP) is 4.13. The molecule has 0 radical (unpaired) electrons. The van der Waals surface area contributed by atoms with Crippen molar-refractivity contribution in [3.63, 3.8) is 0 Å². The average molecular weight is 526 g/mol. The van der Waals surface area contributed by atoms with Crippen molar-refractivity contribution in [2.24, 2.45) is 0 Å². The van der Waals surface area contributed by atoms with E-state index in [1.165, 1.54) is 41.3 Å². The van der Waals surface area contributed by atoms with Crippen molar-refractivity contribution in [2.75, 3.05) is 17.7 Å². The molecule has 0 saturated heterocycles. The fourth-order valence-electron chi connectivity index (χ4n) is 2.65. The number of thioether (sulfide) groups is 1. The second-order valence-corrected chi connectivity index (χ2v) is 8.83. The predicted molar refractivity (Wildman–Crippen MR) is 128 cm³/mol. The number of rotatable bonds is 12. The van der Waals surface area contributed by atoms with Crippen molar-refractivity contribution in [2.45, 2.75) is 31.7 Å². The summed E-state index contributed by atoms with van der Waals surface area (Å²) < 4.78 is 25.6. The van der Waals surface area contributed by atoms with Gasteiger partial charge >= 0.3 is 5.97 Å². The summed E-state index contributed by atoms with van der Waals surface area (Å²) in [6.07, 6.45) is 1.72. The van der Waals surface area contributed by atoms with Crippen LogP contribution in [0.2, 0.25) is 5.02 Å². The van der Waals surface area contributed by atoms with Gasteiger partial charge < -0.3 is 14.8 Å². The van der Waals surface area contributed by atoms with Crippen LogP contribution >= 0.6 is 34.7 Å². The lowest BCUT2D eigenvalue weighted by Gasteiger charge is -2.09. The van der Waals surface area contributed by atoms with Gasteiger partial charge in [-0.05, 0) is 19.1 Å². The number of halogens is 2. The number of esters is 1. The second kappa shape index (κ2) is 12.5. The molecule has 0 bridgehead atoms. The number of carbonyl (C=O) groups is 2. The molecule has 180 valence electrons. The summed E-state index contributed by atoms with van der Waals surface area (Å²) in [5, 5.41) is 13.5. The fraction of sp³-hybridized carbons (Fsp3) is 0.286. The number of ether oxygens (including phenoxy) is 2. The van der Waals surface area contributed by atoms with Crippen LogP contribution in [0, 0.1) is 5.82 Å². The number of aromatic nitrogens is 4. The van der Waals surface area contributed by atoms with Crippen molar-refractivity contribution >= 4 is 51.7 Å². The minimum absolute atomic E-state index is 0.0411. The zero-order valence-corrected chi connectivity index (χ0v) is 20.5. The van der Waals surface area contributed by atoms with E-state index >= 15 is 0 Å². The number of thiazole rings is 1. The Bertz CT molecular complexity index is 1170. The van der Waals surface area contributed by atoms with E-state index in [2.05, 4.69) is 27.1 Å². The van der Waals surface area contributed by atoms with Crippen molar-refractivity contribution < 1.29 is 23.5 Å². The van der Waals surface area contributed by atoms with E-state index in [4.69, 9.17) is 21.1 Å². The van der Waals surface area contributed by atoms with Crippen LogP contribution in [0.3, 0.4) is 0 Å². The van der Waals surface area contributed by atoms with Crippen LogP contribution in [0.5, 0.6) is 5.75 Å². The fourth-order valence-corrected chi connectivity index (χ4v) is 4.31. The monoisotopic (exact) mass is 525 g/mol. The SMILES string of the molecule is C=CCn1c(COc2ccc(F)c(Cl)c2)nnc1SCC(=O)Nc1nc(CC(=O)OCC)cs1. The molecule has 2 heterocycles. The molecule has 2 aromatic heterocycles. The second-order valence-electron chi connectivity index (χ2n) is 6.63. The molecule has 0 aliphatic heterocycles. The number of amides is 1. The highest BCUT2D eigenvalue weighted by Crippen LogP contribution is 2.23. The smallest absolute Gasteiger partial charge is 0.311 e. The quantitative estimate of drug-likeness (QED) is 0.214. The van der Waals surface area contributed by atoms with E-state index in [0.29, 0.717) is 40.7 Å². The number of hydrogen-bond donors (Lipinski definition) is 1. The summed E-state index contributed by atoms with van der Waals surface area (Å²) in [7, 11) is 0. The van der Waals surface area contributed by atoms with Crippen LogP contribution in [-0.2, 0) is 33.9 Å². The molecule has 1 aromatic carbocycles. The molecule has 3 aromatic rings. The zero-order chi connectivity index (χ0) is 24.5. The molecule has 0 spiro atoms. The Balaban J connectivity index is 1.55. The lowest BCUT2D eigenvalue weighted by atomic mass is 10.3. The minimum atomic E-state index is -0.534. The van der Waals surface area contributed by atoms with Crippen molar-refractivity contribution in [1.82, 2.24) is 19.7 Å². The number of anilines is 1. The number of nitrogens with one attached hydrogen (secondary N) is 1. The Kier molecular flexibility index (Phi) is 9.42. The third-order valence-electron chi connectivity index (χ3n) is 4.13. The standard InChI is InChI=1S/C21H21ClFN5O4S2/c1-3-7-28-17(10-32-14-5-6-16(23)15(22)9-14)26-27-21(28)34-12-18(29)25-20-24-13(11-33-20)8-19(30)31-4-2/h3,5-6,9,11H,1,4,7-8,10,12H2,2H3,(H,24,25,29). The van der Waals surface area contributed by atoms with Gasteiger partial charge in [-0.2, -0.15) is 0 Å². The van der Waals surface area contributed by atoms with Gasteiger partial charge in [0.05, 0.1) is 29.5 Å². The van der Waals surface area contributed by atoms with E-state index in [0.717, 1.165) is 0 Å². The van der Waals surface area contributed by atoms with Gasteiger partial charge in [-0.3, -0.25) is 14.2 Å². The summed E-state index contributed by atoms with van der Waals surface area (Å²) in [6.45, 7) is 6.24. The van der Waals surface area contributed by atoms with Crippen LogP contribution < -0.4 is 10.1 Å². The summed E-state index contributed by atoms with van der Waals surface area (Å²) in [5.41, 5.74) is 0.532. The van der Waals surface area contributed by atoms with Crippen LogP contribution in [-0.4, -0.2) is 44.0 Å².